The van der Waals surface area contributed by atoms with Gasteiger partial charge in [-0.1, -0.05) is 49.5 Å². The molecule has 20 heavy (non-hydrogen) atoms. The molecule has 0 aliphatic carbocycles. The van der Waals surface area contributed by atoms with E-state index in [1.807, 2.05) is 30.3 Å². The summed E-state index contributed by atoms with van der Waals surface area (Å²) in [6.07, 6.45) is 0.886. The monoisotopic (exact) mass is 415 g/mol. The fourth-order valence-electron chi connectivity index (χ4n) is 2.45. The lowest BCUT2D eigenvalue weighted by atomic mass is 9.96. The molecule has 1 atom stereocenters. The highest BCUT2D eigenvalue weighted by Gasteiger charge is 2.23. The highest BCUT2D eigenvalue weighted by Crippen LogP contribution is 2.39. The lowest BCUT2D eigenvalue weighted by Crippen LogP contribution is -2.13. The van der Waals surface area contributed by atoms with Gasteiger partial charge in [-0.05, 0) is 35.4 Å². The van der Waals surface area contributed by atoms with Crippen LogP contribution < -0.4 is 10.5 Å². The zero-order valence-corrected chi connectivity index (χ0v) is 14.4. The Morgan fingerprint density at radius 1 is 1.15 bits per heavy atom. The van der Waals surface area contributed by atoms with Crippen LogP contribution in [0.25, 0.3) is 0 Å². The van der Waals surface area contributed by atoms with Gasteiger partial charge in [0, 0.05) is 26.0 Å². The highest BCUT2D eigenvalue weighted by molar-refractivity contribution is 9.11. The molecule has 104 valence electrons. The summed E-state index contributed by atoms with van der Waals surface area (Å²) >= 11 is 13.2. The van der Waals surface area contributed by atoms with Gasteiger partial charge in [0.05, 0.1) is 12.6 Å². The van der Waals surface area contributed by atoms with E-state index in [-0.39, 0.29) is 6.04 Å². The summed E-state index contributed by atoms with van der Waals surface area (Å²) < 4.78 is 7.70. The standard InChI is InChI=1S/C15H12Br2ClNO/c16-9-1-2-11(13(17)6-9)14(19)12-7-10(18)5-8-3-4-20-15(8)12/h1-2,5-7,14H,3-4,19H2. The number of rotatable bonds is 2. The number of nitrogens with two attached hydrogens (primary N) is 1. The molecular formula is C15H12Br2ClNO. The second-order valence-electron chi connectivity index (χ2n) is 4.73. The van der Waals surface area contributed by atoms with E-state index in [9.17, 15) is 0 Å². The smallest absolute Gasteiger partial charge is 0.127 e. The van der Waals surface area contributed by atoms with Crippen LogP contribution in [-0.4, -0.2) is 6.61 Å². The molecule has 0 radical (unpaired) electrons. The van der Waals surface area contributed by atoms with Crippen molar-refractivity contribution in [2.24, 2.45) is 5.73 Å². The predicted molar refractivity (Wildman–Crippen MR) is 88.5 cm³/mol. The van der Waals surface area contributed by atoms with Gasteiger partial charge in [-0.3, -0.25) is 0 Å². The third-order valence-corrected chi connectivity index (χ3v) is 4.81. The van der Waals surface area contributed by atoms with Gasteiger partial charge in [-0.2, -0.15) is 0 Å². The van der Waals surface area contributed by atoms with Crippen LogP contribution in [-0.2, 0) is 6.42 Å². The van der Waals surface area contributed by atoms with Crippen LogP contribution in [0.1, 0.15) is 22.7 Å². The van der Waals surface area contributed by atoms with Crippen LogP contribution in [0.3, 0.4) is 0 Å². The van der Waals surface area contributed by atoms with E-state index < -0.39 is 0 Å². The first kappa shape index (κ1) is 14.4. The highest BCUT2D eigenvalue weighted by atomic mass is 79.9. The summed E-state index contributed by atoms with van der Waals surface area (Å²) in [6, 6.07) is 9.54. The zero-order chi connectivity index (χ0) is 14.3. The molecule has 2 N–H and O–H groups in total. The minimum absolute atomic E-state index is 0.275. The normalized spacial score (nSPS) is 14.8. The van der Waals surface area contributed by atoms with E-state index in [1.54, 1.807) is 0 Å². The van der Waals surface area contributed by atoms with Gasteiger partial charge in [-0.25, -0.2) is 0 Å². The van der Waals surface area contributed by atoms with E-state index in [0.29, 0.717) is 11.6 Å². The molecule has 1 unspecified atom stereocenters. The molecule has 0 fully saturated rings. The molecule has 0 amide bonds. The Kier molecular flexibility index (Phi) is 4.09. The Labute approximate surface area is 139 Å². The quantitative estimate of drug-likeness (QED) is 0.758. The van der Waals surface area contributed by atoms with Crippen LogP contribution in [0.15, 0.2) is 39.3 Å². The number of benzene rings is 2. The molecule has 2 aromatic rings. The van der Waals surface area contributed by atoms with Crippen molar-refractivity contribution in [2.75, 3.05) is 6.61 Å². The topological polar surface area (TPSA) is 35.2 Å². The molecule has 2 nitrogen and oxygen atoms in total. The number of halogens is 3. The number of hydrogen-bond acceptors (Lipinski definition) is 2. The maximum atomic E-state index is 6.43. The third-order valence-electron chi connectivity index (χ3n) is 3.41. The third kappa shape index (κ3) is 2.62. The number of ether oxygens (including phenoxy) is 1. The van der Waals surface area contributed by atoms with Gasteiger partial charge in [-0.15, -0.1) is 0 Å². The Morgan fingerprint density at radius 2 is 1.95 bits per heavy atom. The fourth-order valence-corrected chi connectivity index (χ4v) is 3.99. The molecule has 0 bridgehead atoms. The van der Waals surface area contributed by atoms with Crippen LogP contribution in [0, 0.1) is 0 Å². The fraction of sp³-hybridized carbons (Fsp3) is 0.200. The lowest BCUT2D eigenvalue weighted by Gasteiger charge is -2.18. The Bertz CT molecular complexity index is 675. The van der Waals surface area contributed by atoms with Crippen molar-refractivity contribution in [3.8, 4) is 5.75 Å². The number of hydrogen-bond donors (Lipinski definition) is 1. The van der Waals surface area contributed by atoms with Gasteiger partial charge in [0.1, 0.15) is 5.75 Å². The zero-order valence-electron chi connectivity index (χ0n) is 10.5. The van der Waals surface area contributed by atoms with Crippen LogP contribution in [0.2, 0.25) is 5.02 Å². The van der Waals surface area contributed by atoms with Crippen molar-refractivity contribution in [3.05, 3.63) is 61.0 Å². The Morgan fingerprint density at radius 3 is 2.70 bits per heavy atom. The summed E-state index contributed by atoms with van der Waals surface area (Å²) in [7, 11) is 0. The van der Waals surface area contributed by atoms with Crippen LogP contribution in [0.4, 0.5) is 0 Å². The minimum Gasteiger partial charge on any atom is -0.493 e. The summed E-state index contributed by atoms with van der Waals surface area (Å²) in [5, 5.41) is 0.702. The minimum atomic E-state index is -0.275. The van der Waals surface area contributed by atoms with Gasteiger partial charge in [0.15, 0.2) is 0 Å². The molecule has 1 heterocycles. The molecule has 0 aromatic heterocycles. The largest absolute Gasteiger partial charge is 0.493 e. The van der Waals surface area contributed by atoms with E-state index in [1.165, 1.54) is 0 Å². The SMILES string of the molecule is NC(c1ccc(Br)cc1Br)c1cc(Cl)cc2c1OCC2. The second kappa shape index (κ2) is 5.68. The maximum Gasteiger partial charge on any atom is 0.127 e. The van der Waals surface area contributed by atoms with Crippen molar-refractivity contribution in [1.29, 1.82) is 0 Å². The summed E-state index contributed by atoms with van der Waals surface area (Å²) in [5.74, 6) is 0.886. The molecule has 1 aliphatic rings. The first-order valence-electron chi connectivity index (χ1n) is 6.22. The average molecular weight is 418 g/mol. The summed E-state index contributed by atoms with van der Waals surface area (Å²) in [4.78, 5) is 0. The number of fused-ring (bicyclic) bond motifs is 1. The van der Waals surface area contributed by atoms with Gasteiger partial charge >= 0.3 is 0 Å². The Hall–Kier alpha value is -0.550. The lowest BCUT2D eigenvalue weighted by molar-refractivity contribution is 0.352. The molecule has 3 rings (SSSR count). The van der Waals surface area contributed by atoms with Crippen molar-refractivity contribution >= 4 is 43.5 Å². The van der Waals surface area contributed by atoms with Crippen LogP contribution in [0.5, 0.6) is 5.75 Å². The molecular weight excluding hydrogens is 405 g/mol. The van der Waals surface area contributed by atoms with Crippen molar-refractivity contribution < 1.29 is 4.74 Å². The van der Waals surface area contributed by atoms with E-state index >= 15 is 0 Å². The summed E-state index contributed by atoms with van der Waals surface area (Å²) in [6.45, 7) is 0.691. The van der Waals surface area contributed by atoms with Crippen molar-refractivity contribution in [1.82, 2.24) is 0 Å². The molecule has 0 saturated carbocycles. The maximum absolute atomic E-state index is 6.43. The van der Waals surface area contributed by atoms with E-state index in [4.69, 9.17) is 22.1 Å². The molecule has 0 saturated heterocycles. The average Bonchev–Trinajstić information content (AvgIpc) is 2.85. The van der Waals surface area contributed by atoms with E-state index in [2.05, 4.69) is 31.9 Å². The van der Waals surface area contributed by atoms with Gasteiger partial charge in [0.25, 0.3) is 0 Å². The predicted octanol–water partition coefficient (Wildman–Crippen LogP) is 4.85. The molecule has 2 aromatic carbocycles. The van der Waals surface area contributed by atoms with Gasteiger partial charge < -0.3 is 10.5 Å². The first-order chi connectivity index (χ1) is 9.56. The second-order valence-corrected chi connectivity index (χ2v) is 6.93. The summed E-state index contributed by atoms with van der Waals surface area (Å²) in [5.41, 5.74) is 9.51. The van der Waals surface area contributed by atoms with Crippen LogP contribution >= 0.6 is 43.5 Å². The van der Waals surface area contributed by atoms with Crippen molar-refractivity contribution in [3.63, 3.8) is 0 Å². The first-order valence-corrected chi connectivity index (χ1v) is 8.18. The molecule has 0 spiro atoms. The Balaban J connectivity index is 2.09. The molecule has 5 heteroatoms. The van der Waals surface area contributed by atoms with Gasteiger partial charge in [0.2, 0.25) is 0 Å². The van der Waals surface area contributed by atoms with E-state index in [0.717, 1.165) is 37.8 Å². The molecule has 1 aliphatic heterocycles. The van der Waals surface area contributed by atoms with Crippen molar-refractivity contribution in [2.45, 2.75) is 12.5 Å².